The van der Waals surface area contributed by atoms with Gasteiger partial charge in [0.05, 0.1) is 6.10 Å². The van der Waals surface area contributed by atoms with Crippen molar-refractivity contribution in [2.75, 3.05) is 0 Å². The lowest BCUT2D eigenvalue weighted by Crippen LogP contribution is -2.28. The molecule has 0 saturated carbocycles. The number of carbonyl (C=O) groups is 2. The van der Waals surface area contributed by atoms with Crippen LogP contribution in [0.4, 0.5) is 0 Å². The van der Waals surface area contributed by atoms with Gasteiger partial charge in [-0.3, -0.25) is 4.79 Å². The number of rotatable bonds is 6. The molecule has 0 radical (unpaired) electrons. The van der Waals surface area contributed by atoms with Crippen LogP contribution in [0, 0.1) is 0 Å². The van der Waals surface area contributed by atoms with E-state index in [-0.39, 0.29) is 18.6 Å². The first-order valence-electron chi connectivity index (χ1n) is 8.13. The van der Waals surface area contributed by atoms with Gasteiger partial charge < -0.3 is 14.6 Å². The molecule has 3 aromatic rings. The van der Waals surface area contributed by atoms with Crippen LogP contribution in [-0.2, 0) is 22.6 Å². The van der Waals surface area contributed by atoms with Crippen molar-refractivity contribution < 1.29 is 14.3 Å². The first-order valence-corrected chi connectivity index (χ1v) is 9.01. The minimum atomic E-state index is -0.408. The van der Waals surface area contributed by atoms with Crippen molar-refractivity contribution in [2.24, 2.45) is 0 Å². The first-order chi connectivity index (χ1) is 12.0. The summed E-state index contributed by atoms with van der Waals surface area (Å²) in [6.07, 6.45) is -0.208. The Labute approximate surface area is 150 Å². The number of nitrogens with one attached hydrogen (secondary N) is 1. The maximum Gasteiger partial charge on any atom is 0.355 e. The summed E-state index contributed by atoms with van der Waals surface area (Å²) in [5.74, 6) is -0.553. The number of ether oxygens (including phenoxy) is 1. The molecule has 0 saturated heterocycles. The number of thiophene rings is 1. The lowest BCUT2D eigenvalue weighted by molar-refractivity contribution is -0.121. The molecule has 0 bridgehead atoms. The van der Waals surface area contributed by atoms with Gasteiger partial charge in [-0.15, -0.1) is 11.3 Å². The highest BCUT2D eigenvalue weighted by atomic mass is 32.1. The largest absolute Gasteiger partial charge is 0.458 e. The van der Waals surface area contributed by atoms with Crippen LogP contribution in [0.2, 0.25) is 0 Å². The fraction of sp³-hybridized carbons (Fsp3) is 0.263. The zero-order valence-corrected chi connectivity index (χ0v) is 15.0. The van der Waals surface area contributed by atoms with Crippen LogP contribution in [-0.4, -0.2) is 22.5 Å². The van der Waals surface area contributed by atoms with E-state index in [0.717, 1.165) is 15.8 Å². The second-order valence-electron chi connectivity index (χ2n) is 6.01. The average molecular weight is 356 g/mol. The molecule has 1 N–H and O–H groups in total. The Morgan fingerprint density at radius 3 is 2.68 bits per heavy atom. The highest BCUT2D eigenvalue weighted by molar-refractivity contribution is 7.16. The topological polar surface area (TPSA) is 60.3 Å². The molecule has 1 aromatic carbocycles. The van der Waals surface area contributed by atoms with E-state index in [1.54, 1.807) is 24.5 Å². The van der Waals surface area contributed by atoms with E-state index in [4.69, 9.17) is 4.74 Å². The monoisotopic (exact) mass is 356 g/mol. The molecule has 2 aromatic heterocycles. The number of carbonyl (C=O) groups excluding carboxylic acids is 2. The van der Waals surface area contributed by atoms with Crippen molar-refractivity contribution in [2.45, 2.75) is 33.0 Å². The molecule has 0 aliphatic rings. The normalized spacial score (nSPS) is 11.0. The Kier molecular flexibility index (Phi) is 5.19. The number of benzene rings is 1. The van der Waals surface area contributed by atoms with Gasteiger partial charge in [-0.05, 0) is 36.9 Å². The molecule has 0 spiro atoms. The second-order valence-corrected chi connectivity index (χ2v) is 6.91. The Balaban J connectivity index is 1.76. The second kappa shape index (κ2) is 7.53. The molecule has 0 atom stereocenters. The third-order valence-electron chi connectivity index (χ3n) is 3.69. The SMILES string of the molecule is CC(C)OC(=O)c1cc2ccsc2n1CC(=O)NCc1ccccc1. The van der Waals surface area contributed by atoms with Crippen molar-refractivity contribution in [3.05, 3.63) is 59.1 Å². The maximum absolute atomic E-state index is 12.4. The van der Waals surface area contributed by atoms with E-state index < -0.39 is 5.97 Å². The summed E-state index contributed by atoms with van der Waals surface area (Å²) in [7, 11) is 0. The van der Waals surface area contributed by atoms with Gasteiger partial charge in [0, 0.05) is 11.9 Å². The van der Waals surface area contributed by atoms with Crippen LogP contribution >= 0.6 is 11.3 Å². The molecular weight excluding hydrogens is 336 g/mol. The molecule has 6 heteroatoms. The van der Waals surface area contributed by atoms with Crippen LogP contribution in [0.5, 0.6) is 0 Å². The standard InChI is InChI=1S/C19H20N2O3S/c1-13(2)24-19(23)16-10-15-8-9-25-18(15)21(16)12-17(22)20-11-14-6-4-3-5-7-14/h3-10,13H,11-12H2,1-2H3,(H,20,22). The fourth-order valence-corrected chi connectivity index (χ4v) is 3.47. The number of aromatic nitrogens is 1. The molecule has 0 aliphatic carbocycles. The Morgan fingerprint density at radius 2 is 1.96 bits per heavy atom. The summed E-state index contributed by atoms with van der Waals surface area (Å²) in [5, 5.41) is 5.78. The molecule has 2 heterocycles. The van der Waals surface area contributed by atoms with Gasteiger partial charge in [0.2, 0.25) is 5.91 Å². The van der Waals surface area contributed by atoms with E-state index in [2.05, 4.69) is 5.32 Å². The quantitative estimate of drug-likeness (QED) is 0.687. The van der Waals surface area contributed by atoms with E-state index in [1.165, 1.54) is 11.3 Å². The van der Waals surface area contributed by atoms with Crippen LogP contribution in [0.1, 0.15) is 29.9 Å². The van der Waals surface area contributed by atoms with Gasteiger partial charge in [-0.2, -0.15) is 0 Å². The van der Waals surface area contributed by atoms with E-state index in [1.807, 2.05) is 41.8 Å². The third kappa shape index (κ3) is 4.09. The van der Waals surface area contributed by atoms with Gasteiger partial charge in [0.1, 0.15) is 17.1 Å². The lowest BCUT2D eigenvalue weighted by Gasteiger charge is -2.12. The molecule has 130 valence electrons. The van der Waals surface area contributed by atoms with Gasteiger partial charge in [0.25, 0.3) is 0 Å². The summed E-state index contributed by atoms with van der Waals surface area (Å²) < 4.78 is 7.03. The molecule has 0 fully saturated rings. The molecule has 3 rings (SSSR count). The van der Waals surface area contributed by atoms with E-state index >= 15 is 0 Å². The molecule has 0 unspecified atom stereocenters. The summed E-state index contributed by atoms with van der Waals surface area (Å²) in [6, 6.07) is 13.4. The number of hydrogen-bond acceptors (Lipinski definition) is 4. The Bertz CT molecular complexity index is 881. The zero-order chi connectivity index (χ0) is 17.8. The average Bonchev–Trinajstić information content (AvgIpc) is 3.16. The predicted molar refractivity (Wildman–Crippen MR) is 98.7 cm³/mol. The number of hydrogen-bond donors (Lipinski definition) is 1. The van der Waals surface area contributed by atoms with Crippen LogP contribution in [0.3, 0.4) is 0 Å². The van der Waals surface area contributed by atoms with Crippen molar-refractivity contribution in [3.8, 4) is 0 Å². The van der Waals surface area contributed by atoms with Gasteiger partial charge in [-0.25, -0.2) is 4.79 Å². The van der Waals surface area contributed by atoms with Crippen LogP contribution < -0.4 is 5.32 Å². The molecule has 25 heavy (non-hydrogen) atoms. The van der Waals surface area contributed by atoms with Crippen molar-refractivity contribution in [1.29, 1.82) is 0 Å². The highest BCUT2D eigenvalue weighted by Gasteiger charge is 2.20. The third-order valence-corrected chi connectivity index (χ3v) is 4.64. The number of amides is 1. The van der Waals surface area contributed by atoms with E-state index in [9.17, 15) is 9.59 Å². The number of fused-ring (bicyclic) bond motifs is 1. The van der Waals surface area contributed by atoms with Crippen molar-refractivity contribution >= 4 is 33.4 Å². The Morgan fingerprint density at radius 1 is 1.20 bits per heavy atom. The van der Waals surface area contributed by atoms with Crippen molar-refractivity contribution in [1.82, 2.24) is 9.88 Å². The summed E-state index contributed by atoms with van der Waals surface area (Å²) in [4.78, 5) is 25.6. The zero-order valence-electron chi connectivity index (χ0n) is 14.2. The Hall–Kier alpha value is -2.60. The minimum absolute atomic E-state index is 0.0827. The minimum Gasteiger partial charge on any atom is -0.458 e. The molecule has 0 aliphatic heterocycles. The fourth-order valence-electron chi connectivity index (χ4n) is 2.57. The summed E-state index contributed by atoms with van der Waals surface area (Å²) in [5.41, 5.74) is 1.44. The van der Waals surface area contributed by atoms with Crippen LogP contribution in [0.25, 0.3) is 10.2 Å². The number of nitrogens with zero attached hydrogens (tertiary/aromatic N) is 1. The van der Waals surface area contributed by atoms with Gasteiger partial charge >= 0.3 is 5.97 Å². The maximum atomic E-state index is 12.4. The molecule has 5 nitrogen and oxygen atoms in total. The lowest BCUT2D eigenvalue weighted by atomic mass is 10.2. The van der Waals surface area contributed by atoms with E-state index in [0.29, 0.717) is 12.2 Å². The summed E-state index contributed by atoms with van der Waals surface area (Å²) in [6.45, 7) is 4.15. The van der Waals surface area contributed by atoms with Gasteiger partial charge in [-0.1, -0.05) is 30.3 Å². The summed E-state index contributed by atoms with van der Waals surface area (Å²) >= 11 is 1.50. The molecular formula is C19H20N2O3S. The molecule has 1 amide bonds. The smallest absolute Gasteiger partial charge is 0.355 e. The predicted octanol–water partition coefficient (Wildman–Crippen LogP) is 3.58. The first kappa shape index (κ1) is 17.2. The van der Waals surface area contributed by atoms with Gasteiger partial charge in [0.15, 0.2) is 0 Å². The number of esters is 1. The van der Waals surface area contributed by atoms with Crippen molar-refractivity contribution in [3.63, 3.8) is 0 Å². The highest BCUT2D eigenvalue weighted by Crippen LogP contribution is 2.26. The van der Waals surface area contributed by atoms with Crippen LogP contribution in [0.15, 0.2) is 47.8 Å².